The van der Waals surface area contributed by atoms with Crippen LogP contribution in [0.4, 0.5) is 0 Å². The Kier molecular flexibility index (Phi) is 2.56. The zero-order valence-electron chi connectivity index (χ0n) is 8.03. The SMILES string of the molecule is COC(=O)c1ccc2cc(Cl)ncc2c1. The summed E-state index contributed by atoms with van der Waals surface area (Å²) >= 11 is 5.75. The molecule has 0 amide bonds. The molecule has 15 heavy (non-hydrogen) atoms. The molecule has 0 saturated heterocycles. The molecule has 0 N–H and O–H groups in total. The molecule has 0 unspecified atom stereocenters. The van der Waals surface area contributed by atoms with Crippen molar-refractivity contribution in [1.82, 2.24) is 4.98 Å². The fraction of sp³-hybridized carbons (Fsp3) is 0.0909. The van der Waals surface area contributed by atoms with Crippen LogP contribution in [0.25, 0.3) is 10.8 Å². The van der Waals surface area contributed by atoms with Gasteiger partial charge in [-0.1, -0.05) is 17.7 Å². The van der Waals surface area contributed by atoms with Gasteiger partial charge in [-0.3, -0.25) is 0 Å². The van der Waals surface area contributed by atoms with Gasteiger partial charge in [-0.15, -0.1) is 0 Å². The molecule has 0 aliphatic rings. The van der Waals surface area contributed by atoms with Gasteiger partial charge >= 0.3 is 5.97 Å². The second kappa shape index (κ2) is 3.87. The van der Waals surface area contributed by atoms with Crippen LogP contribution in [0.5, 0.6) is 0 Å². The van der Waals surface area contributed by atoms with Gasteiger partial charge in [0.15, 0.2) is 0 Å². The van der Waals surface area contributed by atoms with Crippen molar-refractivity contribution < 1.29 is 9.53 Å². The number of rotatable bonds is 1. The first-order valence-corrected chi connectivity index (χ1v) is 4.72. The molecule has 0 atom stereocenters. The predicted molar refractivity (Wildman–Crippen MR) is 58.1 cm³/mol. The van der Waals surface area contributed by atoms with Crippen molar-refractivity contribution in [3.05, 3.63) is 41.2 Å². The molecule has 76 valence electrons. The van der Waals surface area contributed by atoms with Crippen molar-refractivity contribution in [2.24, 2.45) is 0 Å². The number of halogens is 1. The van der Waals surface area contributed by atoms with Crippen LogP contribution >= 0.6 is 11.6 Å². The number of hydrogen-bond donors (Lipinski definition) is 0. The summed E-state index contributed by atoms with van der Waals surface area (Å²) in [5.74, 6) is -0.355. The molecule has 0 aliphatic heterocycles. The van der Waals surface area contributed by atoms with Crippen molar-refractivity contribution in [3.63, 3.8) is 0 Å². The van der Waals surface area contributed by atoms with Crippen LogP contribution in [-0.4, -0.2) is 18.1 Å². The molecule has 0 bridgehead atoms. The maximum absolute atomic E-state index is 11.3. The Morgan fingerprint density at radius 3 is 2.87 bits per heavy atom. The lowest BCUT2D eigenvalue weighted by Gasteiger charge is -2.01. The third kappa shape index (κ3) is 1.92. The van der Waals surface area contributed by atoms with Crippen LogP contribution in [0.15, 0.2) is 30.5 Å². The summed E-state index contributed by atoms with van der Waals surface area (Å²) in [5, 5.41) is 2.25. The fourth-order valence-electron chi connectivity index (χ4n) is 1.36. The van der Waals surface area contributed by atoms with Crippen molar-refractivity contribution >= 4 is 28.3 Å². The molecule has 0 saturated carbocycles. The zero-order valence-corrected chi connectivity index (χ0v) is 8.78. The number of pyridine rings is 1. The van der Waals surface area contributed by atoms with E-state index in [4.69, 9.17) is 11.6 Å². The lowest BCUT2D eigenvalue weighted by atomic mass is 10.1. The van der Waals surface area contributed by atoms with Crippen LogP contribution in [0.3, 0.4) is 0 Å². The van der Waals surface area contributed by atoms with Crippen molar-refractivity contribution in [3.8, 4) is 0 Å². The molecule has 2 aromatic rings. The normalized spacial score (nSPS) is 10.3. The summed E-state index contributed by atoms with van der Waals surface area (Å²) in [7, 11) is 1.35. The number of methoxy groups -OCH3 is 1. The molecule has 1 aromatic carbocycles. The van der Waals surface area contributed by atoms with Crippen LogP contribution in [0.2, 0.25) is 5.15 Å². The molecule has 3 nitrogen and oxygen atoms in total. The van der Waals surface area contributed by atoms with E-state index in [0.29, 0.717) is 10.7 Å². The Morgan fingerprint density at radius 1 is 1.33 bits per heavy atom. The summed E-state index contributed by atoms with van der Waals surface area (Å²) < 4.78 is 4.62. The van der Waals surface area contributed by atoms with Crippen LogP contribution in [-0.2, 0) is 4.74 Å². The quantitative estimate of drug-likeness (QED) is 0.549. The minimum Gasteiger partial charge on any atom is -0.465 e. The van der Waals surface area contributed by atoms with E-state index >= 15 is 0 Å². The number of hydrogen-bond acceptors (Lipinski definition) is 3. The molecule has 0 spiro atoms. The molecule has 2 rings (SSSR count). The van der Waals surface area contributed by atoms with Gasteiger partial charge in [0.2, 0.25) is 0 Å². The zero-order chi connectivity index (χ0) is 10.8. The number of ether oxygens (including phenoxy) is 1. The molecule has 1 heterocycles. The van der Waals surface area contributed by atoms with Gasteiger partial charge in [0.1, 0.15) is 5.15 Å². The molecule has 0 aliphatic carbocycles. The van der Waals surface area contributed by atoms with Gasteiger partial charge in [0, 0.05) is 11.6 Å². The maximum Gasteiger partial charge on any atom is 0.337 e. The number of carbonyl (C=O) groups excluding carboxylic acids is 1. The highest BCUT2D eigenvalue weighted by atomic mass is 35.5. The number of esters is 1. The minimum atomic E-state index is -0.355. The topological polar surface area (TPSA) is 39.2 Å². The molecule has 1 aromatic heterocycles. The van der Waals surface area contributed by atoms with Gasteiger partial charge in [0.05, 0.1) is 12.7 Å². The summed E-state index contributed by atoms with van der Waals surface area (Å²) in [6, 6.07) is 6.99. The lowest BCUT2D eigenvalue weighted by Crippen LogP contribution is -2.00. The summed E-state index contributed by atoms with van der Waals surface area (Å²) in [4.78, 5) is 15.2. The van der Waals surface area contributed by atoms with E-state index in [1.54, 1.807) is 24.4 Å². The number of aromatic nitrogens is 1. The Balaban J connectivity index is 2.57. The third-order valence-electron chi connectivity index (χ3n) is 2.11. The second-order valence-corrected chi connectivity index (χ2v) is 3.45. The highest BCUT2D eigenvalue weighted by molar-refractivity contribution is 6.30. The van der Waals surface area contributed by atoms with Gasteiger partial charge < -0.3 is 4.74 Å². The smallest absolute Gasteiger partial charge is 0.337 e. The Bertz CT molecular complexity index is 525. The predicted octanol–water partition coefficient (Wildman–Crippen LogP) is 2.67. The van der Waals surface area contributed by atoms with Gasteiger partial charge in [-0.2, -0.15) is 0 Å². The van der Waals surface area contributed by atoms with E-state index in [-0.39, 0.29) is 5.97 Å². The first-order valence-electron chi connectivity index (χ1n) is 4.34. The summed E-state index contributed by atoms with van der Waals surface area (Å²) in [6.07, 6.45) is 1.63. The average Bonchev–Trinajstić information content (AvgIpc) is 2.27. The fourth-order valence-corrected chi connectivity index (χ4v) is 1.53. The highest BCUT2D eigenvalue weighted by Crippen LogP contribution is 2.18. The molecule has 4 heteroatoms. The van der Waals surface area contributed by atoms with Crippen LogP contribution < -0.4 is 0 Å². The van der Waals surface area contributed by atoms with E-state index in [1.807, 2.05) is 6.07 Å². The molecule has 0 radical (unpaired) electrons. The lowest BCUT2D eigenvalue weighted by molar-refractivity contribution is 0.0601. The third-order valence-corrected chi connectivity index (χ3v) is 2.32. The Labute approximate surface area is 91.6 Å². The summed E-state index contributed by atoms with van der Waals surface area (Å²) in [5.41, 5.74) is 0.508. The number of nitrogens with zero attached hydrogens (tertiary/aromatic N) is 1. The van der Waals surface area contributed by atoms with E-state index in [0.717, 1.165) is 10.8 Å². The Hall–Kier alpha value is -1.61. The monoisotopic (exact) mass is 221 g/mol. The standard InChI is InChI=1S/C11H8ClNO2/c1-15-11(14)8-3-2-7-5-10(12)13-6-9(7)4-8/h2-6H,1H3. The highest BCUT2D eigenvalue weighted by Gasteiger charge is 2.05. The molecular formula is C11H8ClNO2. The maximum atomic E-state index is 11.3. The molecule has 0 fully saturated rings. The van der Waals surface area contributed by atoms with E-state index in [9.17, 15) is 4.79 Å². The number of benzene rings is 1. The average molecular weight is 222 g/mol. The number of carbonyl (C=O) groups is 1. The Morgan fingerprint density at radius 2 is 2.13 bits per heavy atom. The van der Waals surface area contributed by atoms with Gasteiger partial charge in [-0.25, -0.2) is 9.78 Å². The van der Waals surface area contributed by atoms with Gasteiger partial charge in [-0.05, 0) is 23.6 Å². The van der Waals surface area contributed by atoms with E-state index < -0.39 is 0 Å². The van der Waals surface area contributed by atoms with Crippen molar-refractivity contribution in [2.75, 3.05) is 7.11 Å². The van der Waals surface area contributed by atoms with E-state index in [2.05, 4.69) is 9.72 Å². The molecular weight excluding hydrogens is 214 g/mol. The number of fused-ring (bicyclic) bond motifs is 1. The minimum absolute atomic E-state index is 0.355. The van der Waals surface area contributed by atoms with Crippen molar-refractivity contribution in [2.45, 2.75) is 0 Å². The first kappa shape index (κ1) is 9.93. The van der Waals surface area contributed by atoms with E-state index in [1.165, 1.54) is 7.11 Å². The largest absolute Gasteiger partial charge is 0.465 e. The summed E-state index contributed by atoms with van der Waals surface area (Å²) in [6.45, 7) is 0. The first-order chi connectivity index (χ1) is 7.20. The van der Waals surface area contributed by atoms with Gasteiger partial charge in [0.25, 0.3) is 0 Å². The van der Waals surface area contributed by atoms with Crippen molar-refractivity contribution in [1.29, 1.82) is 0 Å². The second-order valence-electron chi connectivity index (χ2n) is 3.06. The van der Waals surface area contributed by atoms with Crippen LogP contribution in [0, 0.1) is 0 Å². The van der Waals surface area contributed by atoms with Crippen LogP contribution in [0.1, 0.15) is 10.4 Å².